The second-order valence-electron chi connectivity index (χ2n) is 6.71. The second-order valence-corrected chi connectivity index (χ2v) is 6.71. The first kappa shape index (κ1) is 18.7. The SMILES string of the molecule is CCC(C)(C)C(=O)OCCCNC(=O)C1CCCCC1C=O. The molecule has 0 aromatic carbocycles. The van der Waals surface area contributed by atoms with Crippen LogP contribution in [0, 0.1) is 17.3 Å². The molecule has 0 radical (unpaired) electrons. The highest BCUT2D eigenvalue weighted by atomic mass is 16.5. The summed E-state index contributed by atoms with van der Waals surface area (Å²) in [6.07, 6.45) is 5.87. The summed E-state index contributed by atoms with van der Waals surface area (Å²) in [5, 5.41) is 2.85. The van der Waals surface area contributed by atoms with E-state index in [9.17, 15) is 14.4 Å². The first-order chi connectivity index (χ1) is 10.4. The molecule has 2 unspecified atom stereocenters. The molecule has 1 N–H and O–H groups in total. The highest BCUT2D eigenvalue weighted by Crippen LogP contribution is 2.28. The Labute approximate surface area is 133 Å². The molecule has 0 aromatic rings. The third kappa shape index (κ3) is 5.43. The van der Waals surface area contributed by atoms with Gasteiger partial charge in [-0.2, -0.15) is 0 Å². The Morgan fingerprint density at radius 2 is 1.95 bits per heavy atom. The molecule has 1 aliphatic carbocycles. The van der Waals surface area contributed by atoms with E-state index < -0.39 is 5.41 Å². The van der Waals surface area contributed by atoms with Crippen molar-refractivity contribution in [3.63, 3.8) is 0 Å². The average Bonchev–Trinajstić information content (AvgIpc) is 2.53. The van der Waals surface area contributed by atoms with Gasteiger partial charge >= 0.3 is 5.97 Å². The molecule has 2 atom stereocenters. The summed E-state index contributed by atoms with van der Waals surface area (Å²) < 4.78 is 5.22. The third-order valence-corrected chi connectivity index (χ3v) is 4.62. The molecule has 1 aliphatic rings. The van der Waals surface area contributed by atoms with Crippen molar-refractivity contribution in [1.82, 2.24) is 5.32 Å². The van der Waals surface area contributed by atoms with E-state index in [1.165, 1.54) is 0 Å². The van der Waals surface area contributed by atoms with Crippen molar-refractivity contribution < 1.29 is 19.1 Å². The van der Waals surface area contributed by atoms with Gasteiger partial charge < -0.3 is 14.8 Å². The molecule has 0 aromatic heterocycles. The summed E-state index contributed by atoms with van der Waals surface area (Å²) in [7, 11) is 0. The van der Waals surface area contributed by atoms with Gasteiger partial charge in [0, 0.05) is 18.4 Å². The average molecular weight is 311 g/mol. The monoisotopic (exact) mass is 311 g/mol. The zero-order valence-electron chi connectivity index (χ0n) is 14.0. The molecule has 0 heterocycles. The van der Waals surface area contributed by atoms with Crippen LogP contribution in [0.15, 0.2) is 0 Å². The van der Waals surface area contributed by atoms with E-state index in [2.05, 4.69) is 5.32 Å². The Morgan fingerprint density at radius 1 is 1.27 bits per heavy atom. The molecule has 5 nitrogen and oxygen atoms in total. The maximum absolute atomic E-state index is 12.1. The molecule has 0 spiro atoms. The van der Waals surface area contributed by atoms with Gasteiger partial charge in [0.05, 0.1) is 12.0 Å². The lowest BCUT2D eigenvalue weighted by molar-refractivity contribution is -0.154. The summed E-state index contributed by atoms with van der Waals surface area (Å²) in [4.78, 5) is 34.9. The van der Waals surface area contributed by atoms with Gasteiger partial charge in [-0.3, -0.25) is 9.59 Å². The Hall–Kier alpha value is -1.39. The number of hydrogen-bond acceptors (Lipinski definition) is 4. The number of rotatable bonds is 8. The van der Waals surface area contributed by atoms with Crippen molar-refractivity contribution >= 4 is 18.2 Å². The molecule has 5 heteroatoms. The topological polar surface area (TPSA) is 72.5 Å². The van der Waals surface area contributed by atoms with Crippen LogP contribution in [0.25, 0.3) is 0 Å². The number of amides is 1. The fraction of sp³-hybridized carbons (Fsp3) is 0.824. The van der Waals surface area contributed by atoms with E-state index in [0.717, 1.165) is 38.4 Å². The van der Waals surface area contributed by atoms with E-state index in [1.54, 1.807) is 0 Å². The Bertz CT molecular complexity index is 392. The Kier molecular flexibility index (Phi) is 7.56. The van der Waals surface area contributed by atoms with E-state index in [4.69, 9.17) is 4.74 Å². The summed E-state index contributed by atoms with van der Waals surface area (Å²) in [5.74, 6) is -0.573. The molecule has 22 heavy (non-hydrogen) atoms. The van der Waals surface area contributed by atoms with Gasteiger partial charge in [0.15, 0.2) is 0 Å². The number of nitrogens with one attached hydrogen (secondary N) is 1. The van der Waals surface area contributed by atoms with Crippen molar-refractivity contribution in [3.05, 3.63) is 0 Å². The Morgan fingerprint density at radius 3 is 2.59 bits per heavy atom. The van der Waals surface area contributed by atoms with Gasteiger partial charge in [-0.1, -0.05) is 19.8 Å². The standard InChI is InChI=1S/C17H29NO4/c1-4-17(2,3)16(21)22-11-7-10-18-15(20)14-9-6-5-8-13(14)12-19/h12-14H,4-11H2,1-3H3,(H,18,20). The minimum Gasteiger partial charge on any atom is -0.465 e. The first-order valence-electron chi connectivity index (χ1n) is 8.32. The van der Waals surface area contributed by atoms with Crippen LogP contribution in [-0.2, 0) is 19.1 Å². The molecule has 0 aliphatic heterocycles. The lowest BCUT2D eigenvalue weighted by Crippen LogP contribution is -2.38. The minimum absolute atomic E-state index is 0.0444. The van der Waals surface area contributed by atoms with Crippen LogP contribution in [-0.4, -0.2) is 31.3 Å². The number of carbonyl (C=O) groups excluding carboxylic acids is 3. The van der Waals surface area contributed by atoms with Crippen LogP contribution < -0.4 is 5.32 Å². The molecule has 0 bridgehead atoms. The van der Waals surface area contributed by atoms with Gasteiger partial charge in [0.1, 0.15) is 6.29 Å². The van der Waals surface area contributed by atoms with E-state index in [1.807, 2.05) is 20.8 Å². The zero-order valence-corrected chi connectivity index (χ0v) is 14.0. The van der Waals surface area contributed by atoms with Crippen LogP contribution in [0.3, 0.4) is 0 Å². The van der Waals surface area contributed by atoms with Crippen molar-refractivity contribution in [3.8, 4) is 0 Å². The van der Waals surface area contributed by atoms with Crippen LogP contribution in [0.4, 0.5) is 0 Å². The third-order valence-electron chi connectivity index (χ3n) is 4.62. The highest BCUT2D eigenvalue weighted by molar-refractivity contribution is 5.82. The number of aldehydes is 1. The molecule has 126 valence electrons. The molecule has 0 saturated heterocycles. The van der Waals surface area contributed by atoms with Crippen molar-refractivity contribution in [2.45, 2.75) is 59.3 Å². The second kappa shape index (κ2) is 8.91. The summed E-state index contributed by atoms with van der Waals surface area (Å²) in [6.45, 7) is 6.46. The van der Waals surface area contributed by atoms with E-state index in [-0.39, 0.29) is 23.7 Å². The smallest absolute Gasteiger partial charge is 0.311 e. The van der Waals surface area contributed by atoms with Crippen LogP contribution in [0.1, 0.15) is 59.3 Å². The molecule has 1 saturated carbocycles. The maximum Gasteiger partial charge on any atom is 0.311 e. The highest BCUT2D eigenvalue weighted by Gasteiger charge is 2.30. The van der Waals surface area contributed by atoms with Crippen molar-refractivity contribution in [2.24, 2.45) is 17.3 Å². The van der Waals surface area contributed by atoms with Gasteiger partial charge in [0.25, 0.3) is 0 Å². The lowest BCUT2D eigenvalue weighted by Gasteiger charge is -2.26. The fourth-order valence-corrected chi connectivity index (χ4v) is 2.57. The first-order valence-corrected chi connectivity index (χ1v) is 8.32. The normalized spacial score (nSPS) is 22.0. The number of carbonyl (C=O) groups is 3. The fourth-order valence-electron chi connectivity index (χ4n) is 2.57. The summed E-state index contributed by atoms with van der Waals surface area (Å²) >= 11 is 0. The summed E-state index contributed by atoms with van der Waals surface area (Å²) in [6, 6.07) is 0. The van der Waals surface area contributed by atoms with Gasteiger partial charge in [-0.05, 0) is 39.5 Å². The maximum atomic E-state index is 12.1. The largest absolute Gasteiger partial charge is 0.465 e. The predicted octanol–water partition coefficient (Wildman–Crippen LogP) is 2.48. The van der Waals surface area contributed by atoms with Crippen LogP contribution in [0.2, 0.25) is 0 Å². The zero-order chi connectivity index (χ0) is 16.6. The lowest BCUT2D eigenvalue weighted by atomic mass is 9.79. The minimum atomic E-state index is -0.456. The van der Waals surface area contributed by atoms with Gasteiger partial charge in [-0.15, -0.1) is 0 Å². The molecule has 1 fully saturated rings. The predicted molar refractivity (Wildman–Crippen MR) is 84.2 cm³/mol. The Balaban J connectivity index is 2.22. The van der Waals surface area contributed by atoms with Crippen molar-refractivity contribution in [2.75, 3.05) is 13.2 Å². The summed E-state index contributed by atoms with van der Waals surface area (Å²) in [5.41, 5.74) is -0.456. The van der Waals surface area contributed by atoms with Crippen LogP contribution in [0.5, 0.6) is 0 Å². The van der Waals surface area contributed by atoms with Crippen molar-refractivity contribution in [1.29, 1.82) is 0 Å². The number of hydrogen-bond donors (Lipinski definition) is 1. The number of esters is 1. The molecular weight excluding hydrogens is 282 g/mol. The van der Waals surface area contributed by atoms with E-state index >= 15 is 0 Å². The van der Waals surface area contributed by atoms with E-state index in [0.29, 0.717) is 19.6 Å². The van der Waals surface area contributed by atoms with Gasteiger partial charge in [0.2, 0.25) is 5.91 Å². The molecule has 1 amide bonds. The molecule has 1 rings (SSSR count). The van der Waals surface area contributed by atoms with Gasteiger partial charge in [-0.25, -0.2) is 0 Å². The molecular formula is C17H29NO4. The quantitative estimate of drug-likeness (QED) is 0.424. The van der Waals surface area contributed by atoms with Crippen LogP contribution >= 0.6 is 0 Å². The number of ether oxygens (including phenoxy) is 1.